The molecule has 1 N–H and O–H groups in total. The van der Waals surface area contributed by atoms with Gasteiger partial charge in [0.1, 0.15) is 11.6 Å². The van der Waals surface area contributed by atoms with Crippen LogP contribution in [0.5, 0.6) is 0 Å². The molecule has 147 heavy (non-hydrogen) atoms. The van der Waals surface area contributed by atoms with Crippen molar-refractivity contribution in [2.24, 2.45) is 68.5 Å². The Morgan fingerprint density at radius 1 is 0.408 bits per heavy atom. The number of Topliss-reactive ketones (excluding diaryl/α,β-unsaturated/α-hetero) is 6. The van der Waals surface area contributed by atoms with E-state index in [9.17, 15) is 33.6 Å². The number of carbonyl (C=O) groups is 6. The molecule has 748 valence electrons. The van der Waals surface area contributed by atoms with Gasteiger partial charge in [-0.25, -0.2) is 62.6 Å². The Bertz CT molecular complexity index is 8070. The highest BCUT2D eigenvalue weighted by Crippen LogP contribution is 2.62. The van der Waals surface area contributed by atoms with Crippen molar-refractivity contribution in [3.63, 3.8) is 0 Å². The van der Waals surface area contributed by atoms with Crippen molar-refractivity contribution in [3.8, 4) is 11.1 Å². The first-order chi connectivity index (χ1) is 69.6. The molecule has 1 saturated heterocycles. The standard InChI is InChI=1S/C24H22N4O.C21H26N4O.2C19H18BrN3O.C19H19N3O.C17H18N2O2/c1-23(2)19-11-10-16-13-26-22-17(15-8-6-5-7-9-15)14-27-28(22)20(16)24(19,3)12-18(25-4)21(23)29;1-13-16-9-8-15-19(21(16,3)12-17(22-4)18(13)26)23-14(2)24-20(15)25-10-6-5-7-11-25;1-18(2)15-8-6-11-5-7-14-12(20)10-22-23(14)16(11)19(15,3)9-13(21-4)17(18)24;1-18(2)14-6-5-11-10-23-8-7-12(20)17(23)22-15(11)19(14,3)9-13(21-4)16(18)24;1-18(2)15-8-6-12-5-7-13-9-10-21-22(13)16(12)19(15,3)11-14(20-4)17(18)23;1-16(2)12-7-5-10-6-8-13(20)19-14(10)17(12,3)9-11(18-4)15(16)21/h5-9,12-14,19H,10-11H2,1-3H3;12-13,16H,5-11H2,1-3H3;5,7,9-10,15H,6,8H2,1-3H3;7-10,14H,5-6H2,1-3H3;5,7,9-11,15H,6,8H2,1-3H3;6,8-9,12H,5,7H2,1-3H3,(H,19,20)/t19-,24-;13-,16-,21-;15-,19-;14-,19-;15-,19-;12-,17-/m000000/s1. The Labute approximate surface area is 874 Å². The topological polar surface area (TPSA) is 273 Å². The van der Waals surface area contributed by atoms with Gasteiger partial charge in [-0.2, -0.15) is 15.3 Å². The lowest BCUT2D eigenvalue weighted by Crippen LogP contribution is -2.51. The molecule has 0 saturated carbocycles. The molecule has 13 aliphatic rings. The number of pyridine rings is 3. The number of anilines is 1. The Hall–Kier alpha value is -13.9. The molecule has 10 aromatic heterocycles. The van der Waals surface area contributed by atoms with Gasteiger partial charge >= 0.3 is 0 Å². The predicted octanol–water partition coefficient (Wildman–Crippen LogP) is 23.1. The Morgan fingerprint density at radius 2 is 0.871 bits per heavy atom. The molecule has 0 radical (unpaired) electrons. The van der Waals surface area contributed by atoms with E-state index in [0.717, 1.165) is 189 Å². The van der Waals surface area contributed by atoms with Crippen LogP contribution in [0.1, 0.15) is 249 Å². The van der Waals surface area contributed by atoms with Crippen LogP contribution in [0.15, 0.2) is 200 Å². The van der Waals surface area contributed by atoms with Crippen molar-refractivity contribution >= 4 is 94.7 Å². The van der Waals surface area contributed by atoms with Crippen molar-refractivity contribution in [2.75, 3.05) is 18.0 Å². The summed E-state index contributed by atoms with van der Waals surface area (Å²) in [5.41, 5.74) is 15.4. The third kappa shape index (κ3) is 15.9. The molecule has 11 aromatic rings. The number of fused-ring (bicyclic) bond motifs is 25. The zero-order chi connectivity index (χ0) is 105. The lowest BCUT2D eigenvalue weighted by molar-refractivity contribution is -0.129. The fraction of sp³-hybridized carbons (Fsp3) is 0.445. The van der Waals surface area contributed by atoms with E-state index in [2.05, 4.69) is 158 Å². The third-order valence-corrected chi connectivity index (χ3v) is 37.4. The zero-order valence-corrected chi connectivity index (χ0v) is 89.8. The van der Waals surface area contributed by atoms with Gasteiger partial charge < -0.3 is 43.1 Å². The second-order valence-corrected chi connectivity index (χ2v) is 48.1. The number of nitrogens with zero attached hydrogens (tertiary/aromatic N) is 18. The highest BCUT2D eigenvalue weighted by molar-refractivity contribution is 9.11. The minimum atomic E-state index is -0.591. The molecule has 1 aliphatic heterocycles. The molecular formula is C119H121Br2N19O7. The maximum absolute atomic E-state index is 12.9. The van der Waals surface area contributed by atoms with Gasteiger partial charge in [0.15, 0.2) is 46.0 Å². The quantitative estimate of drug-likeness (QED) is 0.158. The molecule has 26 nitrogen and oxygen atoms in total. The van der Waals surface area contributed by atoms with Gasteiger partial charge in [-0.1, -0.05) is 203 Å². The first kappa shape index (κ1) is 102. The first-order valence-corrected chi connectivity index (χ1v) is 52.7. The van der Waals surface area contributed by atoms with E-state index in [0.29, 0.717) is 0 Å². The van der Waals surface area contributed by atoms with Gasteiger partial charge in [0.25, 0.3) is 0 Å². The number of halogens is 2. The molecule has 0 bridgehead atoms. The number of ketones is 6. The molecule has 13 atom stereocenters. The number of aromatic amines is 1. The average Bonchev–Trinajstić information content (AvgIpc) is 1.69. The molecule has 24 rings (SSSR count). The monoisotopic (exact) mass is 2090 g/mol. The largest absolute Gasteiger partial charge is 0.356 e. The number of piperidine rings is 1. The first-order valence-electron chi connectivity index (χ1n) is 51.1. The van der Waals surface area contributed by atoms with E-state index in [1.807, 2.05) is 193 Å². The van der Waals surface area contributed by atoms with Crippen LogP contribution in [0.2, 0.25) is 0 Å². The average molecular weight is 2090 g/mol. The maximum Gasteiger partial charge on any atom is 0.248 e. The summed E-state index contributed by atoms with van der Waals surface area (Å²) in [4.78, 5) is 134. The van der Waals surface area contributed by atoms with E-state index in [4.69, 9.17) is 64.5 Å². The van der Waals surface area contributed by atoms with Crippen LogP contribution < -0.4 is 10.5 Å². The van der Waals surface area contributed by atoms with Crippen molar-refractivity contribution in [2.45, 2.75) is 253 Å². The number of hydrogen-bond acceptors (Lipinski definition) is 15. The molecular weight excluding hydrogens is 1970 g/mol. The van der Waals surface area contributed by atoms with Crippen LogP contribution in [0.25, 0.3) is 62.5 Å². The summed E-state index contributed by atoms with van der Waals surface area (Å²) in [6.07, 6.45) is 37.5. The maximum atomic E-state index is 12.9. The number of nitrogens with one attached hydrogen (secondary N) is 1. The van der Waals surface area contributed by atoms with Crippen LogP contribution in [-0.4, -0.2) is 106 Å². The molecule has 28 heteroatoms. The fourth-order valence-corrected chi connectivity index (χ4v) is 29.9. The molecule has 0 unspecified atom stereocenters. The van der Waals surface area contributed by atoms with Crippen molar-refractivity contribution < 1.29 is 28.8 Å². The third-order valence-electron chi connectivity index (χ3n) is 36.2. The van der Waals surface area contributed by atoms with Crippen LogP contribution in [-0.2, 0) is 99.8 Å². The summed E-state index contributed by atoms with van der Waals surface area (Å²) < 4.78 is 9.85. The van der Waals surface area contributed by atoms with Crippen molar-refractivity contribution in [1.29, 1.82) is 0 Å². The van der Waals surface area contributed by atoms with Gasteiger partial charge in [0.2, 0.25) is 39.7 Å². The second-order valence-electron chi connectivity index (χ2n) is 46.4. The number of H-pyrrole nitrogens is 1. The second kappa shape index (κ2) is 36.6. The number of carbonyl (C=O) groups excluding carboxylic acids is 6. The Morgan fingerprint density at radius 3 is 1.41 bits per heavy atom. The molecule has 11 heterocycles. The summed E-state index contributed by atoms with van der Waals surface area (Å²) in [5, 5.41) is 13.8. The SMILES string of the molecule is [C-]#[N+]C1=C[C@]2(C)c3[nH]c(=O)ccc3CC[C@H]2C(C)(C)C1=O.[C-]#[N+]C1=C[C@]2(C)c3c(ccc4c(Br)cnn34)CC[C@H]2C(C)(C)C1=O.[C-]#[N+]C1=C[C@]2(C)c3c(ccc4ccnn34)CC[C@H]2C(C)(C)C1=O.[C-]#[N+]C1=C[C@]2(C)c3c(cnc4c(-c5ccccc5)cnn34)CC[C@H]2C(C)(C)C1=O.[C-]#[N+]C1=C[C@]2(C)c3nc(C)nc(N4CCCCC4)c3CC[C@H]2[C@H](C)C1=O.[C-]#[N+]C1=C[C@]2(C)c3nc4c(Br)ccn4cc3CC[C@H]2C(C)(C)C1=O. The van der Waals surface area contributed by atoms with Crippen LogP contribution in [0.4, 0.5) is 5.82 Å². The number of aryl methyl sites for hydroxylation is 6. The van der Waals surface area contributed by atoms with Gasteiger partial charge in [-0.05, 0) is 228 Å². The van der Waals surface area contributed by atoms with E-state index in [-0.39, 0.29) is 132 Å². The Balaban J connectivity index is 0.000000111. The number of hydrogen-bond donors (Lipinski definition) is 1. The smallest absolute Gasteiger partial charge is 0.248 e. The van der Waals surface area contributed by atoms with Gasteiger partial charge in [0, 0.05) is 126 Å². The summed E-state index contributed by atoms with van der Waals surface area (Å²) in [7, 11) is 0. The molecule has 1 fully saturated rings. The van der Waals surface area contributed by atoms with Gasteiger partial charge in [-0.3, -0.25) is 4.79 Å². The Kier molecular flexibility index (Phi) is 25.3. The number of allylic oxidation sites excluding steroid dienone is 12. The lowest BCUT2D eigenvalue weighted by atomic mass is 9.53. The van der Waals surface area contributed by atoms with E-state index < -0.39 is 43.3 Å². The molecule has 1 aromatic carbocycles. The predicted molar refractivity (Wildman–Crippen MR) is 570 cm³/mol. The van der Waals surface area contributed by atoms with Crippen LogP contribution in [0, 0.1) is 115 Å². The molecule has 0 amide bonds. The minimum Gasteiger partial charge on any atom is -0.356 e. The minimum absolute atomic E-state index is 0.00652. The zero-order valence-electron chi connectivity index (χ0n) is 86.7. The summed E-state index contributed by atoms with van der Waals surface area (Å²) in [5.74, 6) is 2.42. The highest BCUT2D eigenvalue weighted by atomic mass is 79.9. The summed E-state index contributed by atoms with van der Waals surface area (Å²) in [6, 6.07) is 26.0. The number of benzene rings is 1. The van der Waals surface area contributed by atoms with E-state index >= 15 is 0 Å². The fourth-order valence-electron chi connectivity index (χ4n) is 29.1. The van der Waals surface area contributed by atoms with E-state index in [1.165, 1.54) is 41.5 Å². The van der Waals surface area contributed by atoms with Crippen LogP contribution in [0.3, 0.4) is 0 Å². The molecule has 0 spiro atoms. The normalized spacial score (nSPS) is 28.3. The van der Waals surface area contributed by atoms with Crippen molar-refractivity contribution in [3.05, 3.63) is 348 Å². The summed E-state index contributed by atoms with van der Waals surface area (Å²) in [6.45, 7) is 83.2. The van der Waals surface area contributed by atoms with Crippen molar-refractivity contribution in [1.82, 2.24) is 58.2 Å². The van der Waals surface area contributed by atoms with E-state index in [1.54, 1.807) is 24.5 Å². The highest BCUT2D eigenvalue weighted by Gasteiger charge is 2.61. The lowest BCUT2D eigenvalue weighted by Gasteiger charge is -2.51. The number of rotatable bonds is 2. The molecule has 12 aliphatic carbocycles. The summed E-state index contributed by atoms with van der Waals surface area (Å²) >= 11 is 7.11. The van der Waals surface area contributed by atoms with Crippen LogP contribution >= 0.6 is 31.9 Å². The van der Waals surface area contributed by atoms with Gasteiger partial charge in [0.05, 0.1) is 100 Å². The van der Waals surface area contributed by atoms with Gasteiger partial charge in [-0.15, -0.1) is 0 Å². The number of aromatic nitrogens is 12.